The lowest BCUT2D eigenvalue weighted by molar-refractivity contribution is -0.142. The fraction of sp³-hybridized carbons (Fsp3) is 0.119. The summed E-state index contributed by atoms with van der Waals surface area (Å²) in [5.74, 6) is 0.377. The van der Waals surface area contributed by atoms with Crippen molar-refractivity contribution in [3.8, 4) is 11.1 Å². The van der Waals surface area contributed by atoms with Crippen LogP contribution in [0.25, 0.3) is 11.1 Å². The Labute approximate surface area is 285 Å². The number of carbonyl (C=O) groups is 1. The highest BCUT2D eigenvalue weighted by Gasteiger charge is 2.47. The summed E-state index contributed by atoms with van der Waals surface area (Å²) < 4.78 is 5.33. The lowest BCUT2D eigenvalue weighted by Crippen LogP contribution is -2.28. The molecule has 6 aromatic rings. The first kappa shape index (κ1) is 30.9. The van der Waals surface area contributed by atoms with Gasteiger partial charge in [-0.1, -0.05) is 133 Å². The first-order valence-electron chi connectivity index (χ1n) is 15.9. The van der Waals surface area contributed by atoms with Crippen LogP contribution in [0.2, 0.25) is 5.02 Å². The highest BCUT2D eigenvalue weighted by atomic mass is 35.5. The molecule has 47 heavy (non-hydrogen) atoms. The van der Waals surface area contributed by atoms with Crippen LogP contribution in [-0.2, 0) is 14.9 Å². The SMILES string of the molecule is CCOC(=O)CCSc1c(N(c2ccccc2)c2ccccc2Cl)ccc2c1-c1ccccc1C2(c1ccccc1)c1ccccc1. The molecule has 1 aliphatic rings. The van der Waals surface area contributed by atoms with Crippen molar-refractivity contribution >= 4 is 46.4 Å². The molecular formula is C42H34ClNO2S. The molecule has 3 nitrogen and oxygen atoms in total. The van der Waals surface area contributed by atoms with Gasteiger partial charge < -0.3 is 9.64 Å². The molecule has 0 heterocycles. The van der Waals surface area contributed by atoms with E-state index in [0.717, 1.165) is 22.0 Å². The number of halogens is 1. The third-order valence-electron chi connectivity index (χ3n) is 8.76. The van der Waals surface area contributed by atoms with Crippen LogP contribution >= 0.6 is 23.4 Å². The van der Waals surface area contributed by atoms with E-state index >= 15 is 0 Å². The second kappa shape index (κ2) is 13.5. The van der Waals surface area contributed by atoms with Crippen LogP contribution in [0.3, 0.4) is 0 Å². The number of anilines is 3. The molecule has 0 bridgehead atoms. The zero-order chi connectivity index (χ0) is 32.2. The fourth-order valence-corrected chi connectivity index (χ4v) is 8.26. The van der Waals surface area contributed by atoms with Crippen molar-refractivity contribution in [3.05, 3.63) is 179 Å². The summed E-state index contributed by atoms with van der Waals surface area (Å²) in [7, 11) is 0. The van der Waals surface area contributed by atoms with E-state index in [1.165, 1.54) is 33.4 Å². The van der Waals surface area contributed by atoms with Crippen molar-refractivity contribution < 1.29 is 9.53 Å². The summed E-state index contributed by atoms with van der Waals surface area (Å²) in [6.45, 7) is 2.21. The predicted molar refractivity (Wildman–Crippen MR) is 195 cm³/mol. The van der Waals surface area contributed by atoms with Crippen LogP contribution in [0.1, 0.15) is 35.6 Å². The molecule has 0 N–H and O–H groups in total. The van der Waals surface area contributed by atoms with Crippen LogP contribution in [0, 0.1) is 0 Å². The minimum atomic E-state index is -0.536. The Morgan fingerprint density at radius 2 is 1.28 bits per heavy atom. The van der Waals surface area contributed by atoms with Crippen LogP contribution in [0.5, 0.6) is 0 Å². The number of hydrogen-bond acceptors (Lipinski definition) is 4. The van der Waals surface area contributed by atoms with Gasteiger partial charge in [-0.25, -0.2) is 0 Å². The Kier molecular flexibility index (Phi) is 8.88. The van der Waals surface area contributed by atoms with Gasteiger partial charge in [-0.15, -0.1) is 11.8 Å². The Hall–Kier alpha value is -4.77. The standard InChI is InChI=1S/C42H34ClNO2S/c1-2-46-39(45)28-29-47-41-38(44(32-20-10-5-11-21-32)37-25-15-14-24-36(37)43)27-26-35-40(41)33-22-12-13-23-34(33)42(35,30-16-6-3-7-17-30)31-18-8-4-9-19-31/h3-27H,2,28-29H2,1H3. The van der Waals surface area contributed by atoms with Crippen LogP contribution in [0.4, 0.5) is 17.1 Å². The second-order valence-corrected chi connectivity index (χ2v) is 12.9. The molecule has 0 saturated heterocycles. The van der Waals surface area contributed by atoms with Gasteiger partial charge in [-0.05, 0) is 65.1 Å². The molecule has 0 fully saturated rings. The predicted octanol–water partition coefficient (Wildman–Crippen LogP) is 11.2. The second-order valence-electron chi connectivity index (χ2n) is 11.4. The van der Waals surface area contributed by atoms with Crippen molar-refractivity contribution in [2.75, 3.05) is 17.3 Å². The minimum Gasteiger partial charge on any atom is -0.466 e. The third kappa shape index (κ3) is 5.52. The molecule has 0 spiro atoms. The van der Waals surface area contributed by atoms with Gasteiger partial charge in [0.05, 0.1) is 34.8 Å². The molecule has 0 aromatic heterocycles. The first-order chi connectivity index (χ1) is 23.1. The van der Waals surface area contributed by atoms with Crippen molar-refractivity contribution in [3.63, 3.8) is 0 Å². The molecule has 5 heteroatoms. The van der Waals surface area contributed by atoms with E-state index in [2.05, 4.69) is 120 Å². The normalized spacial score (nSPS) is 12.6. The van der Waals surface area contributed by atoms with Crippen molar-refractivity contribution in [1.29, 1.82) is 0 Å². The van der Waals surface area contributed by atoms with Crippen molar-refractivity contribution in [1.82, 2.24) is 0 Å². The van der Waals surface area contributed by atoms with Gasteiger partial charge in [0.15, 0.2) is 0 Å². The summed E-state index contributed by atoms with van der Waals surface area (Å²) in [5.41, 5.74) is 9.57. The van der Waals surface area contributed by atoms with Gasteiger partial charge >= 0.3 is 5.97 Å². The lowest BCUT2D eigenvalue weighted by Gasteiger charge is -2.35. The number of thioether (sulfide) groups is 1. The van der Waals surface area contributed by atoms with E-state index in [1.54, 1.807) is 11.8 Å². The van der Waals surface area contributed by atoms with Crippen LogP contribution < -0.4 is 4.90 Å². The number of esters is 1. The number of benzene rings is 6. The van der Waals surface area contributed by atoms with Gasteiger partial charge in [0.1, 0.15) is 0 Å². The number of hydrogen-bond donors (Lipinski definition) is 0. The molecular weight excluding hydrogens is 618 g/mol. The number of ether oxygens (including phenoxy) is 1. The minimum absolute atomic E-state index is 0.191. The molecule has 0 amide bonds. The van der Waals surface area contributed by atoms with E-state index in [0.29, 0.717) is 23.8 Å². The van der Waals surface area contributed by atoms with Gasteiger partial charge in [0.25, 0.3) is 0 Å². The topological polar surface area (TPSA) is 29.5 Å². The number of nitrogens with zero attached hydrogens (tertiary/aromatic N) is 1. The average Bonchev–Trinajstić information content (AvgIpc) is 3.42. The molecule has 0 atom stereocenters. The summed E-state index contributed by atoms with van der Waals surface area (Å²) in [4.78, 5) is 15.9. The Balaban J connectivity index is 1.55. The summed E-state index contributed by atoms with van der Waals surface area (Å²) >= 11 is 8.65. The Morgan fingerprint density at radius 3 is 1.94 bits per heavy atom. The third-order valence-corrected chi connectivity index (χ3v) is 10.2. The molecule has 0 unspecified atom stereocenters. The van der Waals surface area contributed by atoms with Crippen LogP contribution in [-0.4, -0.2) is 18.3 Å². The Bertz CT molecular complexity index is 1970. The van der Waals surface area contributed by atoms with E-state index in [9.17, 15) is 4.79 Å². The monoisotopic (exact) mass is 651 g/mol. The smallest absolute Gasteiger partial charge is 0.306 e. The number of rotatable bonds is 10. The maximum atomic E-state index is 12.6. The van der Waals surface area contributed by atoms with E-state index in [4.69, 9.17) is 16.3 Å². The molecule has 0 radical (unpaired) electrons. The molecule has 0 aliphatic heterocycles. The number of para-hydroxylation sites is 2. The zero-order valence-electron chi connectivity index (χ0n) is 26.1. The summed E-state index contributed by atoms with van der Waals surface area (Å²) in [5, 5.41) is 0.655. The molecule has 232 valence electrons. The zero-order valence-corrected chi connectivity index (χ0v) is 27.7. The van der Waals surface area contributed by atoms with Gasteiger partial charge in [-0.3, -0.25) is 4.79 Å². The summed E-state index contributed by atoms with van der Waals surface area (Å²) in [6, 6.07) is 53.2. The van der Waals surface area contributed by atoms with Crippen molar-refractivity contribution in [2.24, 2.45) is 0 Å². The first-order valence-corrected chi connectivity index (χ1v) is 17.3. The summed E-state index contributed by atoms with van der Waals surface area (Å²) in [6.07, 6.45) is 0.309. The highest BCUT2D eigenvalue weighted by Crippen LogP contribution is 2.60. The molecule has 0 saturated carbocycles. The van der Waals surface area contributed by atoms with Crippen molar-refractivity contribution in [2.45, 2.75) is 23.7 Å². The molecule has 7 rings (SSSR count). The number of carbonyl (C=O) groups excluding carboxylic acids is 1. The quantitative estimate of drug-likeness (QED) is 0.109. The average molecular weight is 652 g/mol. The van der Waals surface area contributed by atoms with E-state index in [-0.39, 0.29) is 5.97 Å². The van der Waals surface area contributed by atoms with E-state index in [1.807, 2.05) is 43.3 Å². The highest BCUT2D eigenvalue weighted by molar-refractivity contribution is 7.99. The number of fused-ring (bicyclic) bond motifs is 3. The van der Waals surface area contributed by atoms with Gasteiger partial charge in [-0.2, -0.15) is 0 Å². The lowest BCUT2D eigenvalue weighted by atomic mass is 9.68. The molecule has 6 aromatic carbocycles. The van der Waals surface area contributed by atoms with Gasteiger partial charge in [0.2, 0.25) is 0 Å². The van der Waals surface area contributed by atoms with Gasteiger partial charge in [0, 0.05) is 21.9 Å². The fourth-order valence-electron chi connectivity index (χ4n) is 6.90. The maximum absolute atomic E-state index is 12.6. The largest absolute Gasteiger partial charge is 0.466 e. The van der Waals surface area contributed by atoms with Crippen LogP contribution in [0.15, 0.2) is 157 Å². The molecule has 1 aliphatic carbocycles. The Morgan fingerprint density at radius 1 is 0.681 bits per heavy atom. The maximum Gasteiger partial charge on any atom is 0.306 e. The van der Waals surface area contributed by atoms with E-state index < -0.39 is 5.41 Å².